The Bertz CT molecular complexity index is 761. The number of anilines is 1. The lowest BCUT2D eigenvalue weighted by molar-refractivity contribution is 0.585. The molecule has 0 amide bonds. The molecule has 0 saturated carbocycles. The molecule has 0 aliphatic heterocycles. The number of rotatable bonds is 3. The molecule has 0 aliphatic rings. The number of thiol groups is 1. The fourth-order valence-electron chi connectivity index (χ4n) is 1.75. The van der Waals surface area contributed by atoms with E-state index in [0.29, 0.717) is 10.5 Å². The van der Waals surface area contributed by atoms with Gasteiger partial charge in [-0.15, -0.1) is 12.6 Å². The molecule has 2 aromatic carbocycles. The molecule has 3 nitrogen and oxygen atoms in total. The van der Waals surface area contributed by atoms with Crippen molar-refractivity contribution in [3.05, 3.63) is 48.0 Å². The van der Waals surface area contributed by atoms with Gasteiger partial charge in [0.15, 0.2) is 0 Å². The summed E-state index contributed by atoms with van der Waals surface area (Å²) in [4.78, 5) is 0.530. The van der Waals surface area contributed by atoms with Gasteiger partial charge in [-0.25, -0.2) is 17.2 Å². The minimum Gasteiger partial charge on any atom is -0.283 e. The molecule has 0 saturated heterocycles. The summed E-state index contributed by atoms with van der Waals surface area (Å²) in [6, 6.07) is 7.65. The first-order chi connectivity index (χ1) is 9.26. The first-order valence-corrected chi connectivity index (χ1v) is 7.86. The van der Waals surface area contributed by atoms with Crippen LogP contribution in [0, 0.1) is 11.6 Å². The van der Waals surface area contributed by atoms with Crippen LogP contribution >= 0.6 is 12.6 Å². The molecule has 0 atom stereocenters. The molecule has 7 heteroatoms. The van der Waals surface area contributed by atoms with Crippen molar-refractivity contribution >= 4 is 28.3 Å². The van der Waals surface area contributed by atoms with E-state index in [2.05, 4.69) is 17.4 Å². The number of halogens is 2. The molecule has 0 unspecified atom stereocenters. The van der Waals surface area contributed by atoms with Crippen molar-refractivity contribution in [2.24, 2.45) is 0 Å². The molecule has 0 spiro atoms. The van der Waals surface area contributed by atoms with Crippen molar-refractivity contribution in [1.82, 2.24) is 0 Å². The Labute approximate surface area is 121 Å². The van der Waals surface area contributed by atoms with Gasteiger partial charge >= 0.3 is 0 Å². The van der Waals surface area contributed by atoms with Gasteiger partial charge < -0.3 is 0 Å². The van der Waals surface area contributed by atoms with Crippen LogP contribution < -0.4 is 4.72 Å². The van der Waals surface area contributed by atoms with Crippen molar-refractivity contribution in [3.63, 3.8) is 0 Å². The number of sulfonamides is 1. The smallest absolute Gasteiger partial charge is 0.229 e. The van der Waals surface area contributed by atoms with Gasteiger partial charge in [-0.1, -0.05) is 0 Å². The van der Waals surface area contributed by atoms with Gasteiger partial charge in [0.2, 0.25) is 10.0 Å². The molecule has 0 bridgehead atoms. The van der Waals surface area contributed by atoms with E-state index in [9.17, 15) is 17.2 Å². The maximum absolute atomic E-state index is 13.8. The Kier molecular flexibility index (Phi) is 4.01. The molecule has 2 rings (SSSR count). The average molecular weight is 315 g/mol. The molecule has 0 aliphatic carbocycles. The summed E-state index contributed by atoms with van der Waals surface area (Å²) in [5.41, 5.74) is 0.588. The Balaban J connectivity index is 2.62. The van der Waals surface area contributed by atoms with Crippen molar-refractivity contribution < 1.29 is 17.2 Å². The van der Waals surface area contributed by atoms with Crippen LogP contribution in [0.25, 0.3) is 11.1 Å². The third-order valence-electron chi connectivity index (χ3n) is 2.52. The monoisotopic (exact) mass is 315 g/mol. The maximum Gasteiger partial charge on any atom is 0.229 e. The van der Waals surface area contributed by atoms with Crippen LogP contribution in [0.15, 0.2) is 41.3 Å². The summed E-state index contributed by atoms with van der Waals surface area (Å²) in [5, 5.41) is 0. The molecule has 106 valence electrons. The van der Waals surface area contributed by atoms with E-state index in [4.69, 9.17) is 0 Å². The van der Waals surface area contributed by atoms with Gasteiger partial charge in [0, 0.05) is 22.1 Å². The number of benzene rings is 2. The van der Waals surface area contributed by atoms with E-state index in [1.165, 1.54) is 18.2 Å². The van der Waals surface area contributed by atoms with Gasteiger partial charge in [-0.2, -0.15) is 0 Å². The van der Waals surface area contributed by atoms with Crippen LogP contribution in [-0.2, 0) is 10.0 Å². The second-order valence-electron chi connectivity index (χ2n) is 4.23. The summed E-state index contributed by atoms with van der Waals surface area (Å²) in [5.74, 6) is -1.48. The molecule has 0 heterocycles. The van der Waals surface area contributed by atoms with Crippen LogP contribution in [0.2, 0.25) is 0 Å². The third kappa shape index (κ3) is 3.49. The number of hydrogen-bond donors (Lipinski definition) is 2. The van der Waals surface area contributed by atoms with Gasteiger partial charge in [0.1, 0.15) is 11.6 Å². The topological polar surface area (TPSA) is 46.2 Å². The largest absolute Gasteiger partial charge is 0.283 e. The standard InChI is InChI=1S/C13H11F2NO2S2/c1-20(17,18)16-13-5-3-9(19)7-11(13)10-4-2-8(14)6-12(10)15/h2-7,16,19H,1H3. The van der Waals surface area contributed by atoms with Crippen LogP contribution in [0.5, 0.6) is 0 Å². The highest BCUT2D eigenvalue weighted by Crippen LogP contribution is 2.32. The van der Waals surface area contributed by atoms with Crippen LogP contribution in [0.3, 0.4) is 0 Å². The van der Waals surface area contributed by atoms with Crippen molar-refractivity contribution in [3.8, 4) is 11.1 Å². The van der Waals surface area contributed by atoms with Crippen molar-refractivity contribution in [2.75, 3.05) is 11.0 Å². The highest BCUT2D eigenvalue weighted by Gasteiger charge is 2.13. The lowest BCUT2D eigenvalue weighted by atomic mass is 10.0. The normalized spacial score (nSPS) is 11.4. The van der Waals surface area contributed by atoms with E-state index >= 15 is 0 Å². The zero-order valence-corrected chi connectivity index (χ0v) is 12.1. The lowest BCUT2D eigenvalue weighted by Gasteiger charge is -2.12. The number of nitrogens with one attached hydrogen (secondary N) is 1. The molecule has 0 radical (unpaired) electrons. The molecule has 2 aromatic rings. The molecule has 20 heavy (non-hydrogen) atoms. The van der Waals surface area contributed by atoms with Gasteiger partial charge in [0.05, 0.1) is 11.9 Å². The van der Waals surface area contributed by atoms with Crippen molar-refractivity contribution in [1.29, 1.82) is 0 Å². The molecule has 0 fully saturated rings. The predicted molar refractivity (Wildman–Crippen MR) is 77.5 cm³/mol. The van der Waals surface area contributed by atoms with Crippen LogP contribution in [0.1, 0.15) is 0 Å². The summed E-state index contributed by atoms with van der Waals surface area (Å²) in [6.45, 7) is 0. The molecule has 0 aromatic heterocycles. The second kappa shape index (κ2) is 5.41. The van der Waals surface area contributed by atoms with E-state index in [1.54, 1.807) is 6.07 Å². The summed E-state index contributed by atoms with van der Waals surface area (Å²) < 4.78 is 51.7. The second-order valence-corrected chi connectivity index (χ2v) is 6.49. The Hall–Kier alpha value is -1.60. The van der Waals surface area contributed by atoms with Gasteiger partial charge in [-0.3, -0.25) is 4.72 Å². The fraction of sp³-hybridized carbons (Fsp3) is 0.0769. The quantitative estimate of drug-likeness (QED) is 0.854. The van der Waals surface area contributed by atoms with Crippen LogP contribution in [0.4, 0.5) is 14.5 Å². The van der Waals surface area contributed by atoms with Crippen LogP contribution in [-0.4, -0.2) is 14.7 Å². The highest BCUT2D eigenvalue weighted by atomic mass is 32.2. The first kappa shape index (κ1) is 14.8. The predicted octanol–water partition coefficient (Wildman–Crippen LogP) is 3.29. The Morgan fingerprint density at radius 2 is 1.75 bits per heavy atom. The van der Waals surface area contributed by atoms with Gasteiger partial charge in [0.25, 0.3) is 0 Å². The Morgan fingerprint density at radius 3 is 2.35 bits per heavy atom. The first-order valence-electron chi connectivity index (χ1n) is 5.52. The zero-order valence-electron chi connectivity index (χ0n) is 10.4. The zero-order chi connectivity index (χ0) is 14.9. The summed E-state index contributed by atoms with van der Waals surface area (Å²) >= 11 is 4.14. The summed E-state index contributed by atoms with van der Waals surface area (Å²) in [7, 11) is -3.51. The van der Waals surface area contributed by atoms with Crippen molar-refractivity contribution in [2.45, 2.75) is 4.90 Å². The molecular weight excluding hydrogens is 304 g/mol. The third-order valence-corrected chi connectivity index (χ3v) is 3.39. The SMILES string of the molecule is CS(=O)(=O)Nc1ccc(S)cc1-c1ccc(F)cc1F. The van der Waals surface area contributed by atoms with E-state index in [1.807, 2.05) is 0 Å². The minimum absolute atomic E-state index is 0.0912. The average Bonchev–Trinajstić information content (AvgIpc) is 2.30. The fourth-order valence-corrected chi connectivity index (χ4v) is 2.53. The molecular formula is C13H11F2NO2S2. The highest BCUT2D eigenvalue weighted by molar-refractivity contribution is 7.92. The van der Waals surface area contributed by atoms with E-state index in [0.717, 1.165) is 18.4 Å². The minimum atomic E-state index is -3.51. The van der Waals surface area contributed by atoms with E-state index < -0.39 is 21.7 Å². The van der Waals surface area contributed by atoms with E-state index in [-0.39, 0.29) is 11.3 Å². The lowest BCUT2D eigenvalue weighted by Crippen LogP contribution is -2.10. The van der Waals surface area contributed by atoms with Gasteiger partial charge in [-0.05, 0) is 30.3 Å². The Morgan fingerprint density at radius 1 is 1.05 bits per heavy atom. The maximum atomic E-state index is 13.8. The summed E-state index contributed by atoms with van der Waals surface area (Å²) in [6.07, 6.45) is 0.992. The number of hydrogen-bond acceptors (Lipinski definition) is 3. The molecule has 1 N–H and O–H groups in total.